The fourth-order valence-corrected chi connectivity index (χ4v) is 1.81. The van der Waals surface area contributed by atoms with Crippen molar-refractivity contribution < 1.29 is 29.0 Å². The van der Waals surface area contributed by atoms with E-state index in [4.69, 9.17) is 25.2 Å². The van der Waals surface area contributed by atoms with Crippen LogP contribution in [0.15, 0.2) is 30.9 Å². The van der Waals surface area contributed by atoms with E-state index in [0.29, 0.717) is 35.8 Å². The van der Waals surface area contributed by atoms with Gasteiger partial charge in [-0.05, 0) is 19.9 Å². The molecule has 0 bridgehead atoms. The number of nitrogen functional groups attached to an aromatic ring is 1. The minimum absolute atomic E-state index is 0.250. The van der Waals surface area contributed by atoms with Gasteiger partial charge in [-0.25, -0.2) is 19.9 Å². The highest BCUT2D eigenvalue weighted by Crippen LogP contribution is 2.05. The Kier molecular flexibility index (Phi) is 10.4. The number of ether oxygens (including phenoxy) is 2. The van der Waals surface area contributed by atoms with E-state index in [1.165, 1.54) is 29.3 Å². The minimum Gasteiger partial charge on any atom is -0.483 e. The molecule has 0 saturated heterocycles. The first-order chi connectivity index (χ1) is 14.5. The summed E-state index contributed by atoms with van der Waals surface area (Å²) in [6, 6.07) is 3.04. The topological polar surface area (TPSA) is 197 Å². The van der Waals surface area contributed by atoms with Crippen LogP contribution in [0.2, 0.25) is 0 Å². The molecule has 0 aromatic carbocycles. The maximum atomic E-state index is 11.3. The lowest BCUT2D eigenvalue weighted by Crippen LogP contribution is -2.12. The van der Waals surface area contributed by atoms with Gasteiger partial charge in [-0.1, -0.05) is 0 Å². The van der Waals surface area contributed by atoms with Gasteiger partial charge >= 0.3 is 11.9 Å². The molecule has 0 unspecified atom stereocenters. The van der Waals surface area contributed by atoms with Gasteiger partial charge in [-0.2, -0.15) is 10.2 Å². The number of aromatic nitrogens is 6. The highest BCUT2D eigenvalue weighted by atomic mass is 16.5. The first-order valence-electron chi connectivity index (χ1n) is 8.38. The lowest BCUT2D eigenvalue weighted by atomic mass is 10.3. The molecule has 4 N–H and O–H groups in total. The summed E-state index contributed by atoms with van der Waals surface area (Å²) in [5, 5.41) is 25.4. The van der Waals surface area contributed by atoms with Crippen molar-refractivity contribution in [1.29, 1.82) is 0 Å². The molecule has 0 aliphatic heterocycles. The maximum Gasteiger partial charge on any atom is 0.339 e. The Bertz CT molecular complexity index is 964. The summed E-state index contributed by atoms with van der Waals surface area (Å²) < 4.78 is 11.0. The molecule has 0 radical (unpaired) electrons. The van der Waals surface area contributed by atoms with E-state index in [9.17, 15) is 9.59 Å². The Morgan fingerprint density at radius 2 is 1.70 bits per heavy atom. The number of nitrogens with one attached hydrogen (secondary N) is 1. The largest absolute Gasteiger partial charge is 0.483 e. The number of hydrazine groups is 1. The van der Waals surface area contributed by atoms with E-state index in [0.717, 1.165) is 0 Å². The third kappa shape index (κ3) is 7.43. The van der Waals surface area contributed by atoms with Gasteiger partial charge in [0.15, 0.2) is 11.5 Å². The number of esters is 2. The predicted molar refractivity (Wildman–Crippen MR) is 101 cm³/mol. The van der Waals surface area contributed by atoms with Gasteiger partial charge in [-0.3, -0.25) is 4.79 Å². The van der Waals surface area contributed by atoms with Crippen LogP contribution in [0, 0.1) is 0 Å². The SMILES string of the molecule is CCOC(=O)c1cnn2cnnc2c1.CCOC(=O)c1cnnc(NN)c1.O=CO. The van der Waals surface area contributed by atoms with Crippen molar-refractivity contribution in [3.05, 3.63) is 42.0 Å². The average Bonchev–Trinajstić information content (AvgIpc) is 3.23. The van der Waals surface area contributed by atoms with Crippen molar-refractivity contribution in [2.24, 2.45) is 5.84 Å². The van der Waals surface area contributed by atoms with Crippen molar-refractivity contribution in [2.75, 3.05) is 18.6 Å². The van der Waals surface area contributed by atoms with Crippen LogP contribution in [0.4, 0.5) is 5.82 Å². The van der Waals surface area contributed by atoms with Crippen LogP contribution < -0.4 is 11.3 Å². The second-order valence-electron chi connectivity index (χ2n) is 4.90. The number of fused-ring (bicyclic) bond motifs is 1. The Morgan fingerprint density at radius 3 is 2.27 bits per heavy atom. The molecule has 160 valence electrons. The van der Waals surface area contributed by atoms with Crippen LogP contribution in [0.1, 0.15) is 34.6 Å². The van der Waals surface area contributed by atoms with Gasteiger partial charge < -0.3 is 20.0 Å². The van der Waals surface area contributed by atoms with Gasteiger partial charge in [0, 0.05) is 6.07 Å². The highest BCUT2D eigenvalue weighted by Gasteiger charge is 2.08. The Labute approximate surface area is 170 Å². The Hall–Kier alpha value is -4.20. The number of rotatable bonds is 5. The van der Waals surface area contributed by atoms with Gasteiger partial charge in [0.2, 0.25) is 0 Å². The van der Waals surface area contributed by atoms with Crippen molar-refractivity contribution in [3.8, 4) is 0 Å². The van der Waals surface area contributed by atoms with Gasteiger partial charge in [-0.15, -0.1) is 15.3 Å². The molecule has 3 heterocycles. The van der Waals surface area contributed by atoms with E-state index in [1.807, 2.05) is 0 Å². The number of carbonyl (C=O) groups excluding carboxylic acids is 2. The molecular formula is C16H20N8O6. The average molecular weight is 420 g/mol. The number of carbonyl (C=O) groups is 3. The second kappa shape index (κ2) is 13.1. The molecule has 3 rings (SSSR count). The number of carboxylic acid groups (broad SMARTS) is 1. The van der Waals surface area contributed by atoms with Crippen molar-refractivity contribution in [3.63, 3.8) is 0 Å². The number of hydrogen-bond donors (Lipinski definition) is 3. The van der Waals surface area contributed by atoms with E-state index in [1.54, 1.807) is 19.9 Å². The maximum absolute atomic E-state index is 11.3. The number of hydrogen-bond acceptors (Lipinski definition) is 12. The first kappa shape index (κ1) is 23.8. The molecule has 30 heavy (non-hydrogen) atoms. The fraction of sp³-hybridized carbons (Fsp3) is 0.250. The van der Waals surface area contributed by atoms with Crippen molar-refractivity contribution in [2.45, 2.75) is 13.8 Å². The number of nitrogens with two attached hydrogens (primary N) is 1. The van der Waals surface area contributed by atoms with E-state index < -0.39 is 11.9 Å². The van der Waals surface area contributed by atoms with E-state index >= 15 is 0 Å². The van der Waals surface area contributed by atoms with Gasteiger partial charge in [0.05, 0.1) is 36.7 Å². The fourth-order valence-electron chi connectivity index (χ4n) is 1.81. The normalized spacial score (nSPS) is 9.30. The van der Waals surface area contributed by atoms with Crippen LogP contribution in [-0.2, 0) is 14.3 Å². The lowest BCUT2D eigenvalue weighted by Gasteiger charge is -2.01. The molecule has 0 amide bonds. The third-order valence-corrected chi connectivity index (χ3v) is 2.99. The molecular weight excluding hydrogens is 400 g/mol. The molecule has 0 saturated carbocycles. The summed E-state index contributed by atoms with van der Waals surface area (Å²) in [5.41, 5.74) is 3.51. The third-order valence-electron chi connectivity index (χ3n) is 2.99. The summed E-state index contributed by atoms with van der Waals surface area (Å²) in [6.07, 6.45) is 4.21. The van der Waals surface area contributed by atoms with Gasteiger partial charge in [0.1, 0.15) is 6.33 Å². The molecule has 0 fully saturated rings. The highest BCUT2D eigenvalue weighted by molar-refractivity contribution is 5.90. The monoisotopic (exact) mass is 420 g/mol. The zero-order valence-corrected chi connectivity index (χ0v) is 16.1. The van der Waals surface area contributed by atoms with Crippen LogP contribution in [0.3, 0.4) is 0 Å². The second-order valence-corrected chi connectivity index (χ2v) is 4.90. The lowest BCUT2D eigenvalue weighted by molar-refractivity contribution is -0.122. The molecule has 3 aromatic rings. The number of nitrogens with zero attached hydrogens (tertiary/aromatic N) is 6. The summed E-state index contributed by atoms with van der Waals surface area (Å²) in [6.45, 7) is 3.90. The van der Waals surface area contributed by atoms with E-state index in [2.05, 4.69) is 30.9 Å². The molecule has 0 atom stereocenters. The van der Waals surface area contributed by atoms with E-state index in [-0.39, 0.29) is 6.47 Å². The van der Waals surface area contributed by atoms with Crippen LogP contribution in [-0.4, -0.2) is 66.7 Å². The Morgan fingerprint density at radius 1 is 1.10 bits per heavy atom. The molecule has 14 heteroatoms. The first-order valence-corrected chi connectivity index (χ1v) is 8.38. The summed E-state index contributed by atoms with van der Waals surface area (Å²) in [7, 11) is 0. The van der Waals surface area contributed by atoms with Crippen LogP contribution >= 0.6 is 0 Å². The molecule has 3 aromatic heterocycles. The standard InChI is InChI=1S/C8H8N4O2.C7H10N4O2.CH2O2/c1-2-14-8(13)6-3-7-11-9-5-12(7)10-4-6;1-2-13-7(12)5-3-6(10-8)11-9-4-5;2-1-3/h3-5H,2H2,1H3;3-4H,2,8H2,1H3,(H,10,11);1H,(H,2,3). The summed E-state index contributed by atoms with van der Waals surface area (Å²) >= 11 is 0. The van der Waals surface area contributed by atoms with Crippen molar-refractivity contribution in [1.82, 2.24) is 30.0 Å². The van der Waals surface area contributed by atoms with Crippen LogP contribution in [0.5, 0.6) is 0 Å². The quantitative estimate of drug-likeness (QED) is 0.215. The molecule has 0 aliphatic carbocycles. The molecule has 0 spiro atoms. The van der Waals surface area contributed by atoms with Crippen molar-refractivity contribution >= 4 is 29.9 Å². The number of anilines is 1. The zero-order chi connectivity index (χ0) is 22.4. The van der Waals surface area contributed by atoms with Crippen LogP contribution in [0.25, 0.3) is 5.65 Å². The zero-order valence-electron chi connectivity index (χ0n) is 16.1. The Balaban J connectivity index is 0.000000266. The molecule has 0 aliphatic rings. The predicted octanol–water partition coefficient (Wildman–Crippen LogP) is -0.0593. The minimum atomic E-state index is -0.436. The smallest absolute Gasteiger partial charge is 0.339 e. The molecule has 14 nitrogen and oxygen atoms in total. The summed E-state index contributed by atoms with van der Waals surface area (Å²) in [5.74, 6) is 4.58. The summed E-state index contributed by atoms with van der Waals surface area (Å²) in [4.78, 5) is 30.8. The van der Waals surface area contributed by atoms with Gasteiger partial charge in [0.25, 0.3) is 6.47 Å².